The summed E-state index contributed by atoms with van der Waals surface area (Å²) in [7, 11) is 0. The Balaban J connectivity index is 2.98. The van der Waals surface area contributed by atoms with Crippen molar-refractivity contribution in [3.05, 3.63) is 21.0 Å². The van der Waals surface area contributed by atoms with Crippen LogP contribution in [0.25, 0.3) is 0 Å². The maximum atomic E-state index is 10.1. The molecule has 0 atom stereocenters. The minimum absolute atomic E-state index is 0.109. The molecule has 0 saturated carbocycles. The molecule has 0 saturated heterocycles. The Hall–Kier alpha value is -0.661. The van der Waals surface area contributed by atoms with Gasteiger partial charge in [0.25, 0.3) is 0 Å². The first kappa shape index (κ1) is 6.46. The molecule has 9 heavy (non-hydrogen) atoms. The Morgan fingerprint density at radius 2 is 2.11 bits per heavy atom. The third-order valence-corrected chi connectivity index (χ3v) is 2.73. The van der Waals surface area contributed by atoms with Gasteiger partial charge in [0.2, 0.25) is 0 Å². The van der Waals surface area contributed by atoms with Crippen molar-refractivity contribution in [1.82, 2.24) is 0 Å². The van der Waals surface area contributed by atoms with Crippen molar-refractivity contribution in [3.8, 4) is 0 Å². The maximum absolute atomic E-state index is 10.1. The first-order chi connectivity index (χ1) is 4.36. The predicted octanol–water partition coefficient (Wildman–Crippen LogP) is 0.369. The van der Waals surface area contributed by atoms with Crippen molar-refractivity contribution in [2.45, 2.75) is 0 Å². The van der Waals surface area contributed by atoms with Crippen molar-refractivity contribution in [2.75, 3.05) is 0 Å². The molecule has 0 amide bonds. The zero-order valence-electron chi connectivity index (χ0n) is 4.53. The second-order valence-electron chi connectivity index (χ2n) is 1.52. The van der Waals surface area contributed by atoms with Gasteiger partial charge in [0, 0.05) is 0 Å². The van der Waals surface area contributed by atoms with E-state index in [2.05, 4.69) is 0 Å². The Morgan fingerprint density at radius 3 is 2.44 bits per heavy atom. The Bertz CT molecular complexity index is 204. The standard InChI is InChI=1S/C6H4O2Se/c7-2-5-1-6(3-8)9-4-5/h1-4H. The molecule has 0 radical (unpaired) electrons. The van der Waals surface area contributed by atoms with Crippen LogP contribution in [0.3, 0.4) is 0 Å². The van der Waals surface area contributed by atoms with Gasteiger partial charge in [-0.15, -0.1) is 0 Å². The molecule has 0 bridgehead atoms. The van der Waals surface area contributed by atoms with E-state index in [1.165, 1.54) is 0 Å². The zero-order valence-corrected chi connectivity index (χ0v) is 6.25. The fourth-order valence-corrected chi connectivity index (χ4v) is 1.87. The molecule has 1 rings (SSSR count). The van der Waals surface area contributed by atoms with Crippen molar-refractivity contribution in [1.29, 1.82) is 0 Å². The topological polar surface area (TPSA) is 34.1 Å². The quantitative estimate of drug-likeness (QED) is 0.495. The van der Waals surface area contributed by atoms with Gasteiger partial charge in [0.15, 0.2) is 0 Å². The molecule has 0 unspecified atom stereocenters. The van der Waals surface area contributed by atoms with Crippen molar-refractivity contribution in [2.24, 2.45) is 0 Å². The molecule has 0 N–H and O–H groups in total. The molecule has 0 spiro atoms. The van der Waals surface area contributed by atoms with Crippen LogP contribution in [0.15, 0.2) is 11.0 Å². The van der Waals surface area contributed by atoms with Crippen LogP contribution in [0.2, 0.25) is 0 Å². The third kappa shape index (κ3) is 1.37. The summed E-state index contributed by atoms with van der Waals surface area (Å²) < 4.78 is 0.740. The van der Waals surface area contributed by atoms with Crippen LogP contribution < -0.4 is 0 Å². The molecule has 0 aliphatic heterocycles. The minimum atomic E-state index is 0.109. The van der Waals surface area contributed by atoms with Crippen LogP contribution in [-0.2, 0) is 0 Å². The molecular weight excluding hydrogens is 183 g/mol. The number of rotatable bonds is 2. The Morgan fingerprint density at radius 1 is 1.33 bits per heavy atom. The Kier molecular flexibility index (Phi) is 1.98. The predicted molar refractivity (Wildman–Crippen MR) is 34.2 cm³/mol. The van der Waals surface area contributed by atoms with Crippen molar-refractivity contribution in [3.63, 3.8) is 0 Å². The van der Waals surface area contributed by atoms with Gasteiger partial charge in [0.05, 0.1) is 0 Å². The summed E-state index contributed by atoms with van der Waals surface area (Å²) in [5, 5.41) is 0. The van der Waals surface area contributed by atoms with Crippen LogP contribution in [-0.4, -0.2) is 27.1 Å². The van der Waals surface area contributed by atoms with E-state index in [1.54, 1.807) is 11.0 Å². The molecule has 1 aromatic heterocycles. The Labute approximate surface area is 58.2 Å². The van der Waals surface area contributed by atoms with E-state index in [0.717, 1.165) is 17.0 Å². The molecule has 46 valence electrons. The zero-order chi connectivity index (χ0) is 6.69. The van der Waals surface area contributed by atoms with Gasteiger partial charge < -0.3 is 0 Å². The number of aldehydes is 2. The van der Waals surface area contributed by atoms with Crippen LogP contribution >= 0.6 is 0 Å². The molecule has 3 heteroatoms. The monoisotopic (exact) mass is 188 g/mol. The summed E-state index contributed by atoms with van der Waals surface area (Å²) >= 11 is 0.109. The summed E-state index contributed by atoms with van der Waals surface area (Å²) in [6, 6.07) is 1.62. The summed E-state index contributed by atoms with van der Waals surface area (Å²) in [6.07, 6.45) is 1.56. The van der Waals surface area contributed by atoms with Gasteiger partial charge >= 0.3 is 57.7 Å². The molecule has 2 nitrogen and oxygen atoms in total. The number of hydrogen-bond acceptors (Lipinski definition) is 2. The summed E-state index contributed by atoms with van der Waals surface area (Å²) in [5.74, 6) is 0. The van der Waals surface area contributed by atoms with Gasteiger partial charge in [-0.25, -0.2) is 0 Å². The van der Waals surface area contributed by atoms with Crippen molar-refractivity contribution >= 4 is 27.1 Å². The SMILES string of the molecule is O=Cc1c[se]c(C=O)c1. The molecular formula is C6H4O2Se. The van der Waals surface area contributed by atoms with Crippen LogP contribution in [0.1, 0.15) is 19.6 Å². The normalized spacial score (nSPS) is 8.89. The van der Waals surface area contributed by atoms with Gasteiger partial charge in [0.1, 0.15) is 0 Å². The second-order valence-corrected chi connectivity index (χ2v) is 3.50. The van der Waals surface area contributed by atoms with Gasteiger partial charge in [-0.3, -0.25) is 0 Å². The number of carbonyl (C=O) groups excluding carboxylic acids is 2. The first-order valence-corrected chi connectivity index (χ1v) is 4.20. The van der Waals surface area contributed by atoms with E-state index >= 15 is 0 Å². The fraction of sp³-hybridized carbons (Fsp3) is 0. The van der Waals surface area contributed by atoms with E-state index in [-0.39, 0.29) is 14.5 Å². The van der Waals surface area contributed by atoms with Crippen molar-refractivity contribution < 1.29 is 9.59 Å². The average molecular weight is 187 g/mol. The van der Waals surface area contributed by atoms with Crippen LogP contribution in [0.5, 0.6) is 0 Å². The van der Waals surface area contributed by atoms with E-state index in [9.17, 15) is 9.59 Å². The fourth-order valence-electron chi connectivity index (χ4n) is 0.492. The second kappa shape index (κ2) is 2.76. The summed E-state index contributed by atoms with van der Waals surface area (Å²) in [4.78, 5) is 21.9. The molecule has 0 aliphatic rings. The molecule has 1 aromatic rings. The van der Waals surface area contributed by atoms with E-state index in [0.29, 0.717) is 5.56 Å². The summed E-state index contributed by atoms with van der Waals surface area (Å²) in [5.41, 5.74) is 0.636. The molecule has 0 aliphatic carbocycles. The van der Waals surface area contributed by atoms with Gasteiger partial charge in [-0.05, 0) is 0 Å². The van der Waals surface area contributed by atoms with Crippen LogP contribution in [0.4, 0.5) is 0 Å². The third-order valence-electron chi connectivity index (χ3n) is 0.892. The average Bonchev–Trinajstić information content (AvgIpc) is 2.34. The van der Waals surface area contributed by atoms with E-state index in [4.69, 9.17) is 0 Å². The molecule has 0 aromatic carbocycles. The number of hydrogen-bond donors (Lipinski definition) is 0. The summed E-state index contributed by atoms with van der Waals surface area (Å²) in [6.45, 7) is 0. The van der Waals surface area contributed by atoms with E-state index in [1.807, 2.05) is 0 Å². The van der Waals surface area contributed by atoms with Gasteiger partial charge in [-0.2, -0.15) is 0 Å². The van der Waals surface area contributed by atoms with Gasteiger partial charge in [-0.1, -0.05) is 0 Å². The first-order valence-electron chi connectivity index (χ1n) is 2.35. The number of carbonyl (C=O) groups is 2. The van der Waals surface area contributed by atoms with E-state index < -0.39 is 0 Å². The molecule has 1 heterocycles. The van der Waals surface area contributed by atoms with Crippen LogP contribution in [0, 0.1) is 0 Å². The molecule has 0 fully saturated rings.